The molecule has 0 aliphatic carbocycles. The van der Waals surface area contributed by atoms with Crippen molar-refractivity contribution in [3.8, 4) is 5.75 Å². The third-order valence-electron chi connectivity index (χ3n) is 3.47. The molecule has 0 fully saturated rings. The van der Waals surface area contributed by atoms with E-state index in [0.29, 0.717) is 22.7 Å². The lowest BCUT2D eigenvalue weighted by molar-refractivity contribution is 0.0691. The van der Waals surface area contributed by atoms with Crippen LogP contribution in [0.3, 0.4) is 0 Å². The Morgan fingerprint density at radius 1 is 1.27 bits per heavy atom. The van der Waals surface area contributed by atoms with Gasteiger partial charge in [-0.2, -0.15) is 0 Å². The van der Waals surface area contributed by atoms with Gasteiger partial charge in [-0.05, 0) is 6.07 Å². The van der Waals surface area contributed by atoms with Crippen LogP contribution < -0.4 is 15.4 Å². The zero-order chi connectivity index (χ0) is 15.6. The molecule has 2 heterocycles. The van der Waals surface area contributed by atoms with Gasteiger partial charge in [0.05, 0.1) is 25.3 Å². The van der Waals surface area contributed by atoms with Crippen molar-refractivity contribution in [2.75, 3.05) is 17.7 Å². The summed E-state index contributed by atoms with van der Waals surface area (Å²) in [6, 6.07) is 8.39. The molecule has 2 aromatic rings. The Hall–Kier alpha value is -2.70. The molecule has 7 heteroatoms. The average Bonchev–Trinajstić information content (AvgIpc) is 2.55. The fourth-order valence-electron chi connectivity index (χ4n) is 2.40. The summed E-state index contributed by atoms with van der Waals surface area (Å²) in [5.74, 6) is 0.418. The smallest absolute Gasteiger partial charge is 0.285 e. The molecule has 1 aromatic carbocycles. The van der Waals surface area contributed by atoms with Gasteiger partial charge in [0.1, 0.15) is 5.75 Å². The van der Waals surface area contributed by atoms with Crippen molar-refractivity contribution in [1.82, 2.24) is 4.98 Å². The van der Waals surface area contributed by atoms with Gasteiger partial charge in [0.25, 0.3) is 6.43 Å². The molecule has 1 aliphatic heterocycles. The predicted molar refractivity (Wildman–Crippen MR) is 80.7 cm³/mol. The summed E-state index contributed by atoms with van der Waals surface area (Å²) >= 11 is 0. The number of aromatic nitrogens is 1. The van der Waals surface area contributed by atoms with Crippen molar-refractivity contribution in [3.05, 3.63) is 48.3 Å². The number of hydrogen-bond acceptors (Lipinski definition) is 5. The maximum absolute atomic E-state index is 13.9. The van der Waals surface area contributed by atoms with Crippen molar-refractivity contribution < 1.29 is 13.5 Å². The van der Waals surface area contributed by atoms with Crippen LogP contribution in [0.2, 0.25) is 0 Å². The number of rotatable bonds is 4. The van der Waals surface area contributed by atoms with Crippen LogP contribution in [-0.2, 0) is 5.66 Å². The first kappa shape index (κ1) is 14.2. The fourth-order valence-corrected chi connectivity index (χ4v) is 2.40. The van der Waals surface area contributed by atoms with Crippen molar-refractivity contribution >= 4 is 17.7 Å². The second-order valence-electron chi connectivity index (χ2n) is 4.72. The van der Waals surface area contributed by atoms with Crippen LogP contribution in [0.25, 0.3) is 0 Å². The molecule has 3 rings (SSSR count). The summed E-state index contributed by atoms with van der Waals surface area (Å²) in [4.78, 5) is 7.94. The number of benzene rings is 1. The van der Waals surface area contributed by atoms with Gasteiger partial charge in [-0.1, -0.05) is 18.2 Å². The first-order chi connectivity index (χ1) is 10.7. The van der Waals surface area contributed by atoms with Crippen LogP contribution in [0.1, 0.15) is 5.56 Å². The van der Waals surface area contributed by atoms with Crippen LogP contribution in [0.15, 0.2) is 47.7 Å². The van der Waals surface area contributed by atoms with E-state index in [2.05, 4.69) is 20.6 Å². The van der Waals surface area contributed by atoms with E-state index < -0.39 is 12.1 Å². The van der Waals surface area contributed by atoms with Crippen LogP contribution in [-0.4, -0.2) is 24.9 Å². The predicted octanol–water partition coefficient (Wildman–Crippen LogP) is 3.07. The van der Waals surface area contributed by atoms with E-state index in [1.54, 1.807) is 30.3 Å². The summed E-state index contributed by atoms with van der Waals surface area (Å²) in [7, 11) is 1.47. The van der Waals surface area contributed by atoms with Gasteiger partial charge in [0.15, 0.2) is 0 Å². The number of alkyl halides is 2. The second kappa shape index (κ2) is 5.59. The van der Waals surface area contributed by atoms with E-state index in [9.17, 15) is 8.78 Å². The molecule has 1 unspecified atom stereocenters. The van der Waals surface area contributed by atoms with Gasteiger partial charge in [-0.3, -0.25) is 4.98 Å². The number of methoxy groups -OCH3 is 1. The first-order valence-electron chi connectivity index (χ1n) is 6.61. The lowest BCUT2D eigenvalue weighted by Gasteiger charge is -2.35. The molecule has 0 saturated heterocycles. The van der Waals surface area contributed by atoms with E-state index in [1.807, 2.05) is 0 Å². The minimum atomic E-state index is -2.77. The van der Waals surface area contributed by atoms with Crippen molar-refractivity contribution in [3.63, 3.8) is 0 Å². The fraction of sp³-hybridized carbons (Fsp3) is 0.200. The molecular formula is C15H14F2N4O. The molecule has 22 heavy (non-hydrogen) atoms. The van der Waals surface area contributed by atoms with Gasteiger partial charge >= 0.3 is 0 Å². The van der Waals surface area contributed by atoms with Crippen molar-refractivity contribution in [2.24, 2.45) is 4.99 Å². The maximum atomic E-state index is 13.9. The lowest BCUT2D eigenvalue weighted by atomic mass is 9.96. The highest BCUT2D eigenvalue weighted by atomic mass is 19.3. The third kappa shape index (κ3) is 2.24. The average molecular weight is 304 g/mol. The number of halogens is 2. The maximum Gasteiger partial charge on any atom is 0.285 e. The first-order valence-corrected chi connectivity index (χ1v) is 6.61. The molecule has 1 aromatic heterocycles. The van der Waals surface area contributed by atoms with Gasteiger partial charge in [0.2, 0.25) is 5.66 Å². The number of para-hydroxylation sites is 1. The normalized spacial score (nSPS) is 19.5. The number of nitrogens with one attached hydrogen (secondary N) is 2. The Labute approximate surface area is 126 Å². The molecule has 0 spiro atoms. The minimum absolute atomic E-state index is 0.346. The highest BCUT2D eigenvalue weighted by molar-refractivity contribution is 5.82. The molecule has 0 saturated carbocycles. The summed E-state index contributed by atoms with van der Waals surface area (Å²) in [6.07, 6.45) is 1.46. The van der Waals surface area contributed by atoms with E-state index in [4.69, 9.17) is 4.74 Å². The zero-order valence-electron chi connectivity index (χ0n) is 11.8. The Kier molecular flexibility index (Phi) is 3.62. The van der Waals surface area contributed by atoms with E-state index in [1.165, 1.54) is 25.8 Å². The van der Waals surface area contributed by atoms with Gasteiger partial charge in [-0.15, -0.1) is 0 Å². The summed E-state index contributed by atoms with van der Waals surface area (Å²) in [5.41, 5.74) is -0.608. The van der Waals surface area contributed by atoms with E-state index >= 15 is 0 Å². The number of hydrogen-bond donors (Lipinski definition) is 2. The van der Waals surface area contributed by atoms with Crippen LogP contribution in [0.5, 0.6) is 5.75 Å². The topological polar surface area (TPSA) is 58.5 Å². The number of ether oxygens (including phenoxy) is 1. The second-order valence-corrected chi connectivity index (χ2v) is 4.72. The Morgan fingerprint density at radius 2 is 2.09 bits per heavy atom. The van der Waals surface area contributed by atoms with Crippen molar-refractivity contribution in [2.45, 2.75) is 12.1 Å². The largest absolute Gasteiger partial charge is 0.494 e. The Balaban J connectivity index is 2.10. The standard InChI is InChI=1S/C15H14F2N4O/c1-22-13-6-7-18-8-12(13)21-15(14(16)17)10-4-2-3-5-11(10)19-9-20-15/h2-9,14,21H,1H3,(H,19,20). The number of aliphatic imine (C=N–C) groups is 1. The Morgan fingerprint density at radius 3 is 2.86 bits per heavy atom. The molecule has 5 nitrogen and oxygen atoms in total. The third-order valence-corrected chi connectivity index (χ3v) is 3.47. The molecule has 0 radical (unpaired) electrons. The van der Waals surface area contributed by atoms with Gasteiger partial charge in [0, 0.05) is 23.5 Å². The lowest BCUT2D eigenvalue weighted by Crippen LogP contribution is -2.43. The SMILES string of the molecule is COc1ccncc1NC1(C(F)F)N=CNc2ccccc21. The zero-order valence-corrected chi connectivity index (χ0v) is 11.8. The Bertz CT molecular complexity index is 707. The van der Waals surface area contributed by atoms with Crippen LogP contribution in [0, 0.1) is 0 Å². The van der Waals surface area contributed by atoms with E-state index in [0.717, 1.165) is 0 Å². The molecule has 1 aliphatic rings. The molecule has 0 amide bonds. The molecule has 1 atom stereocenters. The highest BCUT2D eigenvalue weighted by Crippen LogP contribution is 2.41. The van der Waals surface area contributed by atoms with Crippen LogP contribution in [0.4, 0.5) is 20.2 Å². The quantitative estimate of drug-likeness (QED) is 0.911. The van der Waals surface area contributed by atoms with Crippen LogP contribution >= 0.6 is 0 Å². The summed E-state index contributed by atoms with van der Waals surface area (Å²) < 4.78 is 33.0. The number of nitrogens with zero attached hydrogens (tertiary/aromatic N) is 2. The molecular weight excluding hydrogens is 290 g/mol. The van der Waals surface area contributed by atoms with Crippen molar-refractivity contribution in [1.29, 1.82) is 0 Å². The molecule has 114 valence electrons. The molecule has 2 N–H and O–H groups in total. The highest BCUT2D eigenvalue weighted by Gasteiger charge is 2.45. The number of anilines is 2. The number of fused-ring (bicyclic) bond motifs is 1. The summed E-state index contributed by atoms with van der Waals surface area (Å²) in [5, 5.41) is 5.67. The monoisotopic (exact) mass is 304 g/mol. The summed E-state index contributed by atoms with van der Waals surface area (Å²) in [6.45, 7) is 0. The van der Waals surface area contributed by atoms with Gasteiger partial charge in [-0.25, -0.2) is 13.8 Å². The molecule has 0 bridgehead atoms. The minimum Gasteiger partial charge on any atom is -0.494 e. The van der Waals surface area contributed by atoms with Gasteiger partial charge < -0.3 is 15.4 Å². The number of pyridine rings is 1. The van der Waals surface area contributed by atoms with E-state index in [-0.39, 0.29) is 0 Å².